The molecule has 2 N–H and O–H groups in total. The smallest absolute Gasteiger partial charge is 0.407 e. The molecule has 3 fully saturated rings. The van der Waals surface area contributed by atoms with E-state index in [0.29, 0.717) is 6.61 Å². The molecule has 4 atom stereocenters. The van der Waals surface area contributed by atoms with E-state index in [9.17, 15) is 19.8 Å². The topological polar surface area (TPSA) is 93.6 Å². The minimum Gasteiger partial charge on any atom is -0.465 e. The Kier molecular flexibility index (Phi) is 2.19. The first-order chi connectivity index (χ1) is 8.09. The SMILES string of the molecule is O=C(O)N1C[C@H]2CC[C@@H]([C@H]1C1CO1)N2C(=O)O. The van der Waals surface area contributed by atoms with Gasteiger partial charge in [-0.2, -0.15) is 0 Å². The third kappa shape index (κ3) is 1.53. The van der Waals surface area contributed by atoms with E-state index < -0.39 is 12.2 Å². The largest absolute Gasteiger partial charge is 0.465 e. The molecule has 0 radical (unpaired) electrons. The molecule has 3 heterocycles. The van der Waals surface area contributed by atoms with Gasteiger partial charge in [0.2, 0.25) is 0 Å². The molecule has 17 heavy (non-hydrogen) atoms. The lowest BCUT2D eigenvalue weighted by Gasteiger charge is -2.43. The molecule has 0 aromatic carbocycles. The van der Waals surface area contributed by atoms with Crippen LogP contribution >= 0.6 is 0 Å². The van der Waals surface area contributed by atoms with Crippen molar-refractivity contribution < 1.29 is 24.5 Å². The Morgan fingerprint density at radius 1 is 1.18 bits per heavy atom. The predicted octanol–water partition coefficient (Wildman–Crippen LogP) is 0.258. The summed E-state index contributed by atoms with van der Waals surface area (Å²) in [5, 5.41) is 18.4. The number of nitrogens with zero attached hydrogens (tertiary/aromatic N) is 2. The fourth-order valence-electron chi connectivity index (χ4n) is 3.19. The maximum atomic E-state index is 11.2. The Morgan fingerprint density at radius 2 is 1.88 bits per heavy atom. The molecule has 2 bridgehead atoms. The molecule has 0 aromatic heterocycles. The second-order valence-corrected chi connectivity index (χ2v) is 4.79. The van der Waals surface area contributed by atoms with Crippen LogP contribution in [0.15, 0.2) is 0 Å². The van der Waals surface area contributed by atoms with Crippen LogP contribution in [0.1, 0.15) is 12.8 Å². The van der Waals surface area contributed by atoms with E-state index in [2.05, 4.69) is 0 Å². The van der Waals surface area contributed by atoms with Crippen LogP contribution in [0, 0.1) is 0 Å². The normalized spacial score (nSPS) is 39.3. The van der Waals surface area contributed by atoms with Gasteiger partial charge in [-0.15, -0.1) is 0 Å². The number of epoxide rings is 1. The Hall–Kier alpha value is -1.50. The van der Waals surface area contributed by atoms with Gasteiger partial charge in [-0.3, -0.25) is 9.80 Å². The van der Waals surface area contributed by atoms with Crippen molar-refractivity contribution in [3.05, 3.63) is 0 Å². The molecule has 1 unspecified atom stereocenters. The average molecular weight is 242 g/mol. The summed E-state index contributed by atoms with van der Waals surface area (Å²) >= 11 is 0. The molecule has 0 aromatic rings. The van der Waals surface area contributed by atoms with Crippen LogP contribution in [0.2, 0.25) is 0 Å². The molecule has 0 spiro atoms. The van der Waals surface area contributed by atoms with Crippen molar-refractivity contribution in [2.24, 2.45) is 0 Å². The number of hydrogen-bond donors (Lipinski definition) is 2. The van der Waals surface area contributed by atoms with Crippen molar-refractivity contribution in [2.45, 2.75) is 37.1 Å². The molecule has 7 nitrogen and oxygen atoms in total. The van der Waals surface area contributed by atoms with Gasteiger partial charge in [0.1, 0.15) is 6.10 Å². The number of likely N-dealkylation sites (tertiary alicyclic amines) is 1. The highest BCUT2D eigenvalue weighted by Crippen LogP contribution is 2.38. The molecular weight excluding hydrogens is 228 g/mol. The standard InChI is InChI=1S/C10H14N2O5/c13-9(14)11-3-5-1-2-6(12(5)10(15)16)8(11)7-4-17-7/h5-8H,1-4H2,(H,13,14)(H,15,16)/t5-,6+,7?,8+/m1/s1. The Morgan fingerprint density at radius 3 is 2.41 bits per heavy atom. The third-order valence-electron chi connectivity index (χ3n) is 3.91. The molecule has 0 saturated carbocycles. The van der Waals surface area contributed by atoms with Gasteiger partial charge in [-0.05, 0) is 12.8 Å². The van der Waals surface area contributed by atoms with Crippen molar-refractivity contribution in [1.82, 2.24) is 9.80 Å². The van der Waals surface area contributed by atoms with Crippen molar-refractivity contribution in [3.63, 3.8) is 0 Å². The summed E-state index contributed by atoms with van der Waals surface area (Å²) in [7, 11) is 0. The number of carbonyl (C=O) groups is 2. The minimum absolute atomic E-state index is 0.128. The summed E-state index contributed by atoms with van der Waals surface area (Å²) in [6.45, 7) is 0.797. The molecule has 2 amide bonds. The number of ether oxygens (including phenoxy) is 1. The molecule has 94 valence electrons. The van der Waals surface area contributed by atoms with Gasteiger partial charge < -0.3 is 14.9 Å². The van der Waals surface area contributed by atoms with Crippen LogP contribution in [0.3, 0.4) is 0 Å². The molecule has 3 saturated heterocycles. The highest BCUT2D eigenvalue weighted by molar-refractivity contribution is 5.70. The zero-order valence-electron chi connectivity index (χ0n) is 9.15. The van der Waals surface area contributed by atoms with Crippen LogP contribution in [0.25, 0.3) is 0 Å². The minimum atomic E-state index is -0.979. The second-order valence-electron chi connectivity index (χ2n) is 4.79. The number of amides is 2. The number of carboxylic acid groups (broad SMARTS) is 2. The van der Waals surface area contributed by atoms with E-state index in [1.165, 1.54) is 9.80 Å². The molecular formula is C10H14N2O5. The molecule has 3 rings (SSSR count). The van der Waals surface area contributed by atoms with Gasteiger partial charge in [0, 0.05) is 6.54 Å². The Labute approximate surface area is 97.6 Å². The van der Waals surface area contributed by atoms with Gasteiger partial charge in [-0.1, -0.05) is 0 Å². The lowest BCUT2D eigenvalue weighted by atomic mass is 10.0. The number of hydrogen-bond acceptors (Lipinski definition) is 3. The zero-order chi connectivity index (χ0) is 12.2. The lowest BCUT2D eigenvalue weighted by Crippen LogP contribution is -2.63. The summed E-state index contributed by atoms with van der Waals surface area (Å²) in [6.07, 6.45) is -0.590. The highest BCUT2D eigenvalue weighted by Gasteiger charge is 2.55. The van der Waals surface area contributed by atoms with Gasteiger partial charge in [0.15, 0.2) is 0 Å². The van der Waals surface area contributed by atoms with Crippen LogP contribution in [-0.4, -0.2) is 69.6 Å². The number of piperazine rings is 1. The lowest BCUT2D eigenvalue weighted by molar-refractivity contribution is 0.0154. The molecule has 3 aliphatic rings. The fraction of sp³-hybridized carbons (Fsp3) is 0.800. The monoisotopic (exact) mass is 242 g/mol. The summed E-state index contributed by atoms with van der Waals surface area (Å²) in [4.78, 5) is 25.2. The van der Waals surface area contributed by atoms with Crippen LogP contribution in [-0.2, 0) is 4.74 Å². The number of fused-ring (bicyclic) bond motifs is 2. The Bertz CT molecular complexity index is 370. The summed E-state index contributed by atoms with van der Waals surface area (Å²) in [5.74, 6) is 0. The van der Waals surface area contributed by atoms with Crippen molar-refractivity contribution >= 4 is 12.2 Å². The molecule has 7 heteroatoms. The molecule has 3 aliphatic heterocycles. The maximum Gasteiger partial charge on any atom is 0.407 e. The predicted molar refractivity (Wildman–Crippen MR) is 54.9 cm³/mol. The van der Waals surface area contributed by atoms with E-state index in [-0.39, 0.29) is 30.8 Å². The molecule has 0 aliphatic carbocycles. The van der Waals surface area contributed by atoms with Crippen molar-refractivity contribution in [2.75, 3.05) is 13.2 Å². The van der Waals surface area contributed by atoms with Gasteiger partial charge in [0.25, 0.3) is 0 Å². The van der Waals surface area contributed by atoms with E-state index in [4.69, 9.17) is 4.74 Å². The summed E-state index contributed by atoms with van der Waals surface area (Å²) in [5.41, 5.74) is 0. The summed E-state index contributed by atoms with van der Waals surface area (Å²) < 4.78 is 5.18. The zero-order valence-corrected chi connectivity index (χ0v) is 9.15. The quantitative estimate of drug-likeness (QED) is 0.643. The average Bonchev–Trinajstić information content (AvgIpc) is 3.02. The van der Waals surface area contributed by atoms with E-state index >= 15 is 0 Å². The van der Waals surface area contributed by atoms with Crippen molar-refractivity contribution in [1.29, 1.82) is 0 Å². The third-order valence-corrected chi connectivity index (χ3v) is 3.91. The van der Waals surface area contributed by atoms with Gasteiger partial charge in [0.05, 0.1) is 24.7 Å². The van der Waals surface area contributed by atoms with Crippen LogP contribution in [0.5, 0.6) is 0 Å². The van der Waals surface area contributed by atoms with E-state index in [0.717, 1.165) is 12.8 Å². The highest BCUT2D eigenvalue weighted by atomic mass is 16.6. The maximum absolute atomic E-state index is 11.2. The second kappa shape index (κ2) is 3.49. The number of rotatable bonds is 1. The van der Waals surface area contributed by atoms with Crippen LogP contribution < -0.4 is 0 Å². The fourth-order valence-corrected chi connectivity index (χ4v) is 3.19. The van der Waals surface area contributed by atoms with Crippen molar-refractivity contribution in [3.8, 4) is 0 Å². The van der Waals surface area contributed by atoms with Gasteiger partial charge in [-0.25, -0.2) is 9.59 Å². The first kappa shape index (κ1) is 10.6. The van der Waals surface area contributed by atoms with E-state index in [1.807, 2.05) is 0 Å². The van der Waals surface area contributed by atoms with E-state index in [1.54, 1.807) is 0 Å². The first-order valence-electron chi connectivity index (χ1n) is 5.72. The van der Waals surface area contributed by atoms with Gasteiger partial charge >= 0.3 is 12.2 Å². The van der Waals surface area contributed by atoms with Crippen LogP contribution in [0.4, 0.5) is 9.59 Å². The Balaban J connectivity index is 1.90. The summed E-state index contributed by atoms with van der Waals surface area (Å²) in [6, 6.07) is -0.763. The first-order valence-corrected chi connectivity index (χ1v) is 5.72.